The standard InChI is InChI=1S/C35H28N4/c1-2-7-17-32-28(14-6-1)29-15-8-9-18-33(29)38(32)26-19-21-27(22-20-26)39-34(24-11-4-3-5-12-24)36-37-35(39)30-16-10-13-25-23-31(25)30/h3-22,25,31H,1-2,23H2/b14-6-,17-7-. The van der Waals surface area contributed by atoms with Gasteiger partial charge in [-0.2, -0.15) is 0 Å². The van der Waals surface area contributed by atoms with Crippen LogP contribution in [-0.4, -0.2) is 19.3 Å². The molecule has 0 N–H and O–H groups in total. The molecule has 0 aliphatic heterocycles. The van der Waals surface area contributed by atoms with Crippen LogP contribution in [-0.2, 0) is 0 Å². The molecule has 0 bridgehead atoms. The molecule has 8 rings (SSSR count). The fraction of sp³-hybridized carbons (Fsp3) is 0.143. The number of para-hydroxylation sites is 1. The summed E-state index contributed by atoms with van der Waals surface area (Å²) in [5, 5.41) is 10.7. The Labute approximate surface area is 227 Å². The predicted molar refractivity (Wildman–Crippen MR) is 160 cm³/mol. The molecular formula is C35H28N4. The van der Waals surface area contributed by atoms with Crippen molar-refractivity contribution in [3.8, 4) is 22.8 Å². The Balaban J connectivity index is 1.29. The number of hydrogen-bond acceptors (Lipinski definition) is 2. The topological polar surface area (TPSA) is 35.6 Å². The van der Waals surface area contributed by atoms with E-state index in [1.165, 1.54) is 34.2 Å². The lowest BCUT2D eigenvalue weighted by atomic mass is 10.0. The zero-order chi connectivity index (χ0) is 25.8. The highest BCUT2D eigenvalue weighted by molar-refractivity contribution is 5.95. The van der Waals surface area contributed by atoms with Gasteiger partial charge in [-0.1, -0.05) is 85.0 Å². The summed E-state index contributed by atoms with van der Waals surface area (Å²) in [4.78, 5) is 0. The second-order valence-corrected chi connectivity index (χ2v) is 10.6. The van der Waals surface area contributed by atoms with Gasteiger partial charge < -0.3 is 4.57 Å². The summed E-state index contributed by atoms with van der Waals surface area (Å²) >= 11 is 0. The number of fused-ring (bicyclic) bond motifs is 4. The van der Waals surface area contributed by atoms with Crippen LogP contribution in [0.3, 0.4) is 0 Å². The molecule has 0 radical (unpaired) electrons. The number of benzene rings is 3. The van der Waals surface area contributed by atoms with Crippen molar-refractivity contribution in [1.29, 1.82) is 0 Å². The molecule has 5 aromatic rings. The molecule has 39 heavy (non-hydrogen) atoms. The molecule has 3 aromatic carbocycles. The Bertz CT molecular complexity index is 1830. The van der Waals surface area contributed by atoms with E-state index in [2.05, 4.69) is 124 Å². The first-order chi connectivity index (χ1) is 19.4. The van der Waals surface area contributed by atoms with E-state index < -0.39 is 0 Å². The van der Waals surface area contributed by atoms with Gasteiger partial charge in [-0.05, 0) is 67.5 Å². The molecule has 3 aliphatic rings. The van der Waals surface area contributed by atoms with Crippen LogP contribution < -0.4 is 0 Å². The van der Waals surface area contributed by atoms with Gasteiger partial charge in [0, 0.05) is 33.5 Å². The highest BCUT2D eigenvalue weighted by Crippen LogP contribution is 2.51. The van der Waals surface area contributed by atoms with Crippen molar-refractivity contribution < 1.29 is 0 Å². The fourth-order valence-corrected chi connectivity index (χ4v) is 6.18. The minimum absolute atomic E-state index is 0.548. The second-order valence-electron chi connectivity index (χ2n) is 10.6. The van der Waals surface area contributed by atoms with Crippen LogP contribution in [0.5, 0.6) is 0 Å². The van der Waals surface area contributed by atoms with Gasteiger partial charge in [-0.15, -0.1) is 10.2 Å². The minimum Gasteiger partial charge on any atom is -0.309 e. The molecule has 2 unspecified atom stereocenters. The molecule has 0 saturated heterocycles. The number of nitrogens with zero attached hydrogens (tertiary/aromatic N) is 4. The molecule has 188 valence electrons. The third kappa shape index (κ3) is 3.67. The van der Waals surface area contributed by atoms with Gasteiger partial charge in [0.05, 0.1) is 11.2 Å². The lowest BCUT2D eigenvalue weighted by molar-refractivity contribution is 0.936. The van der Waals surface area contributed by atoms with Crippen molar-refractivity contribution in [2.24, 2.45) is 11.8 Å². The molecule has 0 amide bonds. The van der Waals surface area contributed by atoms with Crippen LogP contribution >= 0.6 is 0 Å². The zero-order valence-electron chi connectivity index (χ0n) is 21.6. The van der Waals surface area contributed by atoms with Crippen molar-refractivity contribution in [3.63, 3.8) is 0 Å². The maximum atomic E-state index is 4.75. The summed E-state index contributed by atoms with van der Waals surface area (Å²) in [5.74, 6) is 3.01. The molecule has 2 heterocycles. The predicted octanol–water partition coefficient (Wildman–Crippen LogP) is 8.29. The first-order valence-corrected chi connectivity index (χ1v) is 13.8. The lowest BCUT2D eigenvalue weighted by Gasteiger charge is -2.15. The van der Waals surface area contributed by atoms with E-state index in [0.717, 1.165) is 41.4 Å². The average Bonchev–Trinajstić information content (AvgIpc) is 3.55. The second kappa shape index (κ2) is 8.95. The van der Waals surface area contributed by atoms with Gasteiger partial charge in [-0.3, -0.25) is 4.57 Å². The highest BCUT2D eigenvalue weighted by Gasteiger charge is 2.41. The number of allylic oxidation sites excluding steroid dienone is 6. The van der Waals surface area contributed by atoms with Crippen molar-refractivity contribution in [2.45, 2.75) is 19.3 Å². The Hall–Kier alpha value is -4.70. The first kappa shape index (κ1) is 22.3. The van der Waals surface area contributed by atoms with E-state index in [1.54, 1.807) is 0 Å². The minimum atomic E-state index is 0.548. The van der Waals surface area contributed by atoms with Gasteiger partial charge in [0.25, 0.3) is 0 Å². The molecular weight excluding hydrogens is 476 g/mol. The van der Waals surface area contributed by atoms with Crippen molar-refractivity contribution in [3.05, 3.63) is 126 Å². The van der Waals surface area contributed by atoms with Crippen LogP contribution in [0.2, 0.25) is 0 Å². The van der Waals surface area contributed by atoms with Gasteiger partial charge in [0.1, 0.15) is 0 Å². The fourth-order valence-electron chi connectivity index (χ4n) is 6.18. The Morgan fingerprint density at radius 2 is 1.41 bits per heavy atom. The Morgan fingerprint density at radius 3 is 2.26 bits per heavy atom. The van der Waals surface area contributed by atoms with Crippen molar-refractivity contribution >= 4 is 28.6 Å². The summed E-state index contributed by atoms with van der Waals surface area (Å²) in [6.07, 6.45) is 19.2. The van der Waals surface area contributed by atoms with Crippen molar-refractivity contribution in [2.75, 3.05) is 0 Å². The van der Waals surface area contributed by atoms with E-state index in [1.807, 2.05) is 6.07 Å². The summed E-state index contributed by atoms with van der Waals surface area (Å²) in [5.41, 5.74) is 8.31. The number of hydrogen-bond donors (Lipinski definition) is 0. The maximum absolute atomic E-state index is 4.75. The SMILES string of the molecule is C1=CC2CC2C(c2nnc(-c3ccccc3)n2-c2ccc(-n3c4c(c5ccccc53)/C=C\CC/C=C\4)cc2)=C1. The normalized spacial score (nSPS) is 21.0. The van der Waals surface area contributed by atoms with Crippen LogP contribution in [0.15, 0.2) is 109 Å². The molecule has 3 aliphatic carbocycles. The van der Waals surface area contributed by atoms with Gasteiger partial charge in [0.2, 0.25) is 0 Å². The number of rotatable bonds is 4. The lowest BCUT2D eigenvalue weighted by Crippen LogP contribution is -2.06. The van der Waals surface area contributed by atoms with E-state index >= 15 is 0 Å². The molecule has 1 saturated carbocycles. The monoisotopic (exact) mass is 504 g/mol. The van der Waals surface area contributed by atoms with Crippen LogP contribution in [0, 0.1) is 11.8 Å². The smallest absolute Gasteiger partial charge is 0.168 e. The molecule has 2 atom stereocenters. The van der Waals surface area contributed by atoms with Crippen molar-refractivity contribution in [1.82, 2.24) is 19.3 Å². The van der Waals surface area contributed by atoms with Gasteiger partial charge in [-0.25, -0.2) is 0 Å². The third-order valence-corrected chi connectivity index (χ3v) is 8.20. The molecule has 4 heteroatoms. The maximum Gasteiger partial charge on any atom is 0.168 e. The largest absolute Gasteiger partial charge is 0.309 e. The molecule has 0 spiro atoms. The van der Waals surface area contributed by atoms with E-state index in [9.17, 15) is 0 Å². The quantitative estimate of drug-likeness (QED) is 0.247. The van der Waals surface area contributed by atoms with Crippen LogP contribution in [0.4, 0.5) is 0 Å². The Morgan fingerprint density at radius 1 is 0.692 bits per heavy atom. The number of aromatic nitrogens is 4. The van der Waals surface area contributed by atoms with Crippen LogP contribution in [0.1, 0.15) is 36.3 Å². The first-order valence-electron chi connectivity index (χ1n) is 13.8. The summed E-state index contributed by atoms with van der Waals surface area (Å²) in [7, 11) is 0. The van der Waals surface area contributed by atoms with E-state index in [4.69, 9.17) is 10.2 Å². The van der Waals surface area contributed by atoms with Gasteiger partial charge in [0.15, 0.2) is 11.6 Å². The molecule has 1 fully saturated rings. The van der Waals surface area contributed by atoms with Gasteiger partial charge >= 0.3 is 0 Å². The average molecular weight is 505 g/mol. The van der Waals surface area contributed by atoms with E-state index in [0.29, 0.717) is 11.8 Å². The zero-order valence-corrected chi connectivity index (χ0v) is 21.6. The summed E-state index contributed by atoms with van der Waals surface area (Å²) in [6, 6.07) is 28.0. The highest BCUT2D eigenvalue weighted by atomic mass is 15.3. The van der Waals surface area contributed by atoms with Crippen LogP contribution in [0.25, 0.3) is 51.4 Å². The third-order valence-electron chi connectivity index (χ3n) is 8.20. The summed E-state index contributed by atoms with van der Waals surface area (Å²) < 4.78 is 4.62. The molecule has 4 nitrogen and oxygen atoms in total. The van der Waals surface area contributed by atoms with E-state index in [-0.39, 0.29) is 0 Å². The molecule has 2 aromatic heterocycles. The summed E-state index contributed by atoms with van der Waals surface area (Å²) in [6.45, 7) is 0. The Kier molecular flexibility index (Phi) is 5.12.